The molecule has 1 unspecified atom stereocenters. The van der Waals surface area contributed by atoms with Crippen molar-refractivity contribution in [2.24, 2.45) is 11.7 Å². The van der Waals surface area contributed by atoms with Gasteiger partial charge in [-0.2, -0.15) is 5.26 Å². The van der Waals surface area contributed by atoms with Crippen LogP contribution in [-0.2, 0) is 9.59 Å². The summed E-state index contributed by atoms with van der Waals surface area (Å²) in [6, 6.07) is 1.47. The molecule has 2 aliphatic heterocycles. The smallest absolute Gasteiger partial charge is 0.240 e. The minimum Gasteiger partial charge on any atom is -0.369 e. The molecule has 0 bridgehead atoms. The van der Waals surface area contributed by atoms with Crippen molar-refractivity contribution in [2.75, 3.05) is 13.1 Å². The summed E-state index contributed by atoms with van der Waals surface area (Å²) in [6.07, 6.45) is 2.06. The Morgan fingerprint density at radius 3 is 2.82 bits per heavy atom. The molecule has 2 aliphatic rings. The summed E-state index contributed by atoms with van der Waals surface area (Å²) in [6.45, 7) is 1.09. The van der Waals surface area contributed by atoms with Gasteiger partial charge in [-0.1, -0.05) is 0 Å². The SMILES string of the molecule is N#C[C@@H]1CCCN1C(=O)[C@H]1CC(C(N)=O)CN1. The van der Waals surface area contributed by atoms with Gasteiger partial charge in [-0.05, 0) is 19.3 Å². The maximum atomic E-state index is 12.1. The summed E-state index contributed by atoms with van der Waals surface area (Å²) in [7, 11) is 0. The fourth-order valence-electron chi connectivity index (χ4n) is 2.51. The van der Waals surface area contributed by atoms with Crippen molar-refractivity contribution in [3.05, 3.63) is 0 Å². The molecule has 3 atom stereocenters. The molecule has 0 aromatic rings. The summed E-state index contributed by atoms with van der Waals surface area (Å²) in [4.78, 5) is 24.8. The lowest BCUT2D eigenvalue weighted by molar-refractivity contribution is -0.133. The van der Waals surface area contributed by atoms with Crippen LogP contribution in [0.2, 0.25) is 0 Å². The minimum absolute atomic E-state index is 0.0715. The van der Waals surface area contributed by atoms with Gasteiger partial charge in [0.05, 0.1) is 18.0 Å². The van der Waals surface area contributed by atoms with Gasteiger partial charge >= 0.3 is 0 Å². The molecule has 0 radical (unpaired) electrons. The van der Waals surface area contributed by atoms with Crippen LogP contribution in [0.1, 0.15) is 19.3 Å². The maximum Gasteiger partial charge on any atom is 0.240 e. The second kappa shape index (κ2) is 4.72. The Labute approximate surface area is 99.7 Å². The molecule has 2 fully saturated rings. The van der Waals surface area contributed by atoms with Crippen molar-refractivity contribution in [3.8, 4) is 6.07 Å². The van der Waals surface area contributed by atoms with E-state index in [0.29, 0.717) is 19.5 Å². The molecular formula is C11H16N4O2. The van der Waals surface area contributed by atoms with Crippen LogP contribution < -0.4 is 11.1 Å². The fourth-order valence-corrected chi connectivity index (χ4v) is 2.51. The summed E-state index contributed by atoms with van der Waals surface area (Å²) in [5.74, 6) is -0.712. The number of carbonyl (C=O) groups excluding carboxylic acids is 2. The Kier molecular flexibility index (Phi) is 3.29. The number of rotatable bonds is 2. The topological polar surface area (TPSA) is 99.2 Å². The average Bonchev–Trinajstić information content (AvgIpc) is 2.96. The van der Waals surface area contributed by atoms with Gasteiger partial charge in [0.25, 0.3) is 0 Å². The number of primary amides is 1. The second-order valence-electron chi connectivity index (χ2n) is 4.61. The van der Waals surface area contributed by atoms with Crippen molar-refractivity contribution < 1.29 is 9.59 Å². The van der Waals surface area contributed by atoms with E-state index in [1.54, 1.807) is 4.90 Å². The van der Waals surface area contributed by atoms with E-state index in [4.69, 9.17) is 11.0 Å². The van der Waals surface area contributed by atoms with E-state index in [1.165, 1.54) is 0 Å². The predicted molar refractivity (Wildman–Crippen MR) is 59.4 cm³/mol. The second-order valence-corrected chi connectivity index (χ2v) is 4.61. The average molecular weight is 236 g/mol. The molecule has 6 nitrogen and oxygen atoms in total. The van der Waals surface area contributed by atoms with Crippen molar-refractivity contribution in [3.63, 3.8) is 0 Å². The molecule has 0 saturated carbocycles. The number of hydrogen-bond donors (Lipinski definition) is 2. The van der Waals surface area contributed by atoms with Crippen molar-refractivity contribution in [1.29, 1.82) is 5.26 Å². The van der Waals surface area contributed by atoms with Crippen LogP contribution >= 0.6 is 0 Å². The molecule has 3 N–H and O–H groups in total. The Morgan fingerprint density at radius 1 is 1.47 bits per heavy atom. The first-order chi connectivity index (χ1) is 8.13. The van der Waals surface area contributed by atoms with Crippen LogP contribution in [0.25, 0.3) is 0 Å². The molecule has 92 valence electrons. The van der Waals surface area contributed by atoms with Crippen molar-refractivity contribution in [1.82, 2.24) is 10.2 Å². The van der Waals surface area contributed by atoms with E-state index < -0.39 is 0 Å². The molecule has 0 aliphatic carbocycles. The van der Waals surface area contributed by atoms with E-state index in [0.717, 1.165) is 12.8 Å². The van der Waals surface area contributed by atoms with Crippen LogP contribution in [0.3, 0.4) is 0 Å². The molecule has 0 aromatic heterocycles. The van der Waals surface area contributed by atoms with E-state index in [-0.39, 0.29) is 29.8 Å². The monoisotopic (exact) mass is 236 g/mol. The number of amides is 2. The molecule has 6 heteroatoms. The molecule has 2 heterocycles. The molecule has 0 spiro atoms. The number of nitrogens with one attached hydrogen (secondary N) is 1. The van der Waals surface area contributed by atoms with E-state index >= 15 is 0 Å². The summed E-state index contributed by atoms with van der Waals surface area (Å²) >= 11 is 0. The Morgan fingerprint density at radius 2 is 2.24 bits per heavy atom. The lowest BCUT2D eigenvalue weighted by Gasteiger charge is -2.23. The summed E-state index contributed by atoms with van der Waals surface area (Å²) in [5, 5.41) is 11.9. The van der Waals surface area contributed by atoms with Crippen molar-refractivity contribution in [2.45, 2.75) is 31.3 Å². The largest absolute Gasteiger partial charge is 0.369 e. The first-order valence-electron chi connectivity index (χ1n) is 5.86. The van der Waals surface area contributed by atoms with Gasteiger partial charge in [0.1, 0.15) is 6.04 Å². The molecule has 2 saturated heterocycles. The van der Waals surface area contributed by atoms with Gasteiger partial charge in [-0.25, -0.2) is 0 Å². The predicted octanol–water partition coefficient (Wildman–Crippen LogP) is -1.04. The number of nitriles is 1. The van der Waals surface area contributed by atoms with Gasteiger partial charge in [0.15, 0.2) is 0 Å². The Balaban J connectivity index is 1.98. The van der Waals surface area contributed by atoms with E-state index in [1.807, 2.05) is 0 Å². The highest BCUT2D eigenvalue weighted by atomic mass is 16.2. The lowest BCUT2D eigenvalue weighted by Crippen LogP contribution is -2.45. The normalized spacial score (nSPS) is 32.4. The van der Waals surface area contributed by atoms with Crippen molar-refractivity contribution >= 4 is 11.8 Å². The Bertz CT molecular complexity index is 376. The third-order valence-electron chi connectivity index (χ3n) is 3.52. The quantitative estimate of drug-likeness (QED) is 0.640. The van der Waals surface area contributed by atoms with Gasteiger partial charge in [-0.15, -0.1) is 0 Å². The fraction of sp³-hybridized carbons (Fsp3) is 0.727. The number of hydrogen-bond acceptors (Lipinski definition) is 4. The first-order valence-corrected chi connectivity index (χ1v) is 5.86. The highest BCUT2D eigenvalue weighted by Gasteiger charge is 2.38. The highest BCUT2D eigenvalue weighted by Crippen LogP contribution is 2.21. The van der Waals surface area contributed by atoms with Crippen LogP contribution in [0.4, 0.5) is 0 Å². The Hall–Kier alpha value is -1.61. The lowest BCUT2D eigenvalue weighted by atomic mass is 10.0. The maximum absolute atomic E-state index is 12.1. The van der Waals surface area contributed by atoms with Crippen LogP contribution in [0.15, 0.2) is 0 Å². The zero-order valence-corrected chi connectivity index (χ0v) is 9.56. The zero-order chi connectivity index (χ0) is 12.4. The van der Waals surface area contributed by atoms with Gasteiger partial charge < -0.3 is 16.0 Å². The third kappa shape index (κ3) is 2.24. The van der Waals surface area contributed by atoms with E-state index in [2.05, 4.69) is 11.4 Å². The van der Waals surface area contributed by atoms with Crippen LogP contribution in [0, 0.1) is 17.2 Å². The number of nitrogens with two attached hydrogens (primary N) is 1. The standard InChI is InChI=1S/C11H16N4O2/c12-5-8-2-1-3-15(8)11(17)9-4-7(6-14-9)10(13)16/h7-9,14H,1-4,6H2,(H2,13,16)/t7?,8-,9+/m0/s1. The summed E-state index contributed by atoms with van der Waals surface area (Å²) < 4.78 is 0. The van der Waals surface area contributed by atoms with E-state index in [9.17, 15) is 9.59 Å². The van der Waals surface area contributed by atoms with Gasteiger partial charge in [-0.3, -0.25) is 9.59 Å². The third-order valence-corrected chi connectivity index (χ3v) is 3.52. The highest BCUT2D eigenvalue weighted by molar-refractivity contribution is 5.85. The number of nitrogens with zero attached hydrogens (tertiary/aromatic N) is 2. The number of carbonyl (C=O) groups is 2. The summed E-state index contributed by atoms with van der Waals surface area (Å²) in [5.41, 5.74) is 5.21. The van der Waals surface area contributed by atoms with Crippen LogP contribution in [-0.4, -0.2) is 41.9 Å². The molecule has 17 heavy (non-hydrogen) atoms. The number of likely N-dealkylation sites (tertiary alicyclic amines) is 1. The molecule has 2 amide bonds. The molecule has 2 rings (SSSR count). The molecular weight excluding hydrogens is 220 g/mol. The van der Waals surface area contributed by atoms with Gasteiger partial charge in [0, 0.05) is 13.1 Å². The van der Waals surface area contributed by atoms with Crippen LogP contribution in [0.5, 0.6) is 0 Å². The first kappa shape index (κ1) is 11.9. The molecule has 0 aromatic carbocycles. The van der Waals surface area contributed by atoms with Gasteiger partial charge in [0.2, 0.25) is 11.8 Å². The minimum atomic E-state index is -0.369. The zero-order valence-electron chi connectivity index (χ0n) is 9.56.